The van der Waals surface area contributed by atoms with Crippen molar-refractivity contribution in [2.24, 2.45) is 5.92 Å². The number of amides is 1. The summed E-state index contributed by atoms with van der Waals surface area (Å²) in [6.07, 6.45) is 5.67. The van der Waals surface area contributed by atoms with E-state index in [1.54, 1.807) is 6.20 Å². The van der Waals surface area contributed by atoms with Crippen molar-refractivity contribution in [1.82, 2.24) is 24.2 Å². The number of nitrogens with one attached hydrogen (secondary N) is 1. The molecule has 1 N–H and O–H groups in total. The van der Waals surface area contributed by atoms with Crippen molar-refractivity contribution in [3.63, 3.8) is 0 Å². The molecule has 2 aliphatic rings. The number of hydrogen-bond donors (Lipinski definition) is 1. The summed E-state index contributed by atoms with van der Waals surface area (Å²) in [4.78, 5) is 30.0. The van der Waals surface area contributed by atoms with Gasteiger partial charge in [-0.05, 0) is 37.5 Å². The number of carbonyl (C=O) groups excluding carboxylic acids is 1. The van der Waals surface area contributed by atoms with Crippen LogP contribution in [0.3, 0.4) is 0 Å². The van der Waals surface area contributed by atoms with Gasteiger partial charge in [0, 0.05) is 57.4 Å². The van der Waals surface area contributed by atoms with E-state index in [2.05, 4.69) is 25.2 Å². The van der Waals surface area contributed by atoms with Gasteiger partial charge in [0.25, 0.3) is 0 Å². The van der Waals surface area contributed by atoms with Crippen LogP contribution in [0.1, 0.15) is 18.4 Å². The zero-order chi connectivity index (χ0) is 22.7. The molecule has 2 aromatic heterocycles. The highest BCUT2D eigenvalue weighted by atomic mass is 32.2. The molecule has 0 bridgehead atoms. The number of sulfonamides is 1. The first-order chi connectivity index (χ1) is 15.3. The third-order valence-electron chi connectivity index (χ3n) is 6.01. The minimum absolute atomic E-state index is 0.101. The van der Waals surface area contributed by atoms with E-state index in [1.165, 1.54) is 16.9 Å². The van der Waals surface area contributed by atoms with Crippen LogP contribution >= 0.6 is 0 Å². The van der Waals surface area contributed by atoms with Crippen LogP contribution in [-0.2, 0) is 14.8 Å². The summed E-state index contributed by atoms with van der Waals surface area (Å²) in [6, 6.07) is 5.78. The summed E-state index contributed by atoms with van der Waals surface area (Å²) in [5, 5.41) is 3.21. The second-order valence-electron chi connectivity index (χ2n) is 8.35. The Kier molecular flexibility index (Phi) is 6.56. The Bertz CT molecular complexity index is 1060. The second kappa shape index (κ2) is 9.37. The molecule has 0 unspecified atom stereocenters. The average molecular weight is 460 g/mol. The molecule has 172 valence electrons. The van der Waals surface area contributed by atoms with Crippen molar-refractivity contribution in [2.45, 2.75) is 19.8 Å². The van der Waals surface area contributed by atoms with Gasteiger partial charge in [-0.25, -0.2) is 27.7 Å². The van der Waals surface area contributed by atoms with E-state index in [4.69, 9.17) is 0 Å². The molecule has 2 saturated heterocycles. The van der Waals surface area contributed by atoms with Crippen molar-refractivity contribution >= 4 is 33.4 Å². The fourth-order valence-corrected chi connectivity index (χ4v) is 5.05. The van der Waals surface area contributed by atoms with Gasteiger partial charge < -0.3 is 15.1 Å². The zero-order valence-corrected chi connectivity index (χ0v) is 19.3. The Morgan fingerprint density at radius 1 is 1.00 bits per heavy atom. The summed E-state index contributed by atoms with van der Waals surface area (Å²) in [5.41, 5.74) is 1.11. The van der Waals surface area contributed by atoms with Gasteiger partial charge in [-0.15, -0.1) is 0 Å². The van der Waals surface area contributed by atoms with Gasteiger partial charge in [-0.2, -0.15) is 0 Å². The highest BCUT2D eigenvalue weighted by Gasteiger charge is 2.32. The maximum absolute atomic E-state index is 12.9. The quantitative estimate of drug-likeness (QED) is 0.711. The number of pyridine rings is 1. The minimum atomic E-state index is -3.18. The lowest BCUT2D eigenvalue weighted by Gasteiger charge is -2.38. The molecule has 0 saturated carbocycles. The summed E-state index contributed by atoms with van der Waals surface area (Å²) >= 11 is 0. The van der Waals surface area contributed by atoms with Crippen LogP contribution in [0.25, 0.3) is 0 Å². The molecule has 32 heavy (non-hydrogen) atoms. The van der Waals surface area contributed by atoms with Crippen molar-refractivity contribution in [1.29, 1.82) is 0 Å². The van der Waals surface area contributed by atoms with E-state index >= 15 is 0 Å². The van der Waals surface area contributed by atoms with E-state index in [0.29, 0.717) is 57.9 Å². The van der Waals surface area contributed by atoms with Crippen molar-refractivity contribution < 1.29 is 13.2 Å². The third-order valence-corrected chi connectivity index (χ3v) is 7.31. The van der Waals surface area contributed by atoms with Crippen LogP contribution in [0, 0.1) is 12.8 Å². The summed E-state index contributed by atoms with van der Waals surface area (Å²) < 4.78 is 24.8. The highest BCUT2D eigenvalue weighted by Crippen LogP contribution is 2.23. The van der Waals surface area contributed by atoms with Gasteiger partial charge >= 0.3 is 0 Å². The van der Waals surface area contributed by atoms with E-state index in [9.17, 15) is 13.2 Å². The number of piperazine rings is 1. The van der Waals surface area contributed by atoms with Gasteiger partial charge in [0.2, 0.25) is 15.9 Å². The van der Waals surface area contributed by atoms with E-state index in [0.717, 1.165) is 17.2 Å². The number of rotatable bonds is 5. The monoisotopic (exact) mass is 459 g/mol. The maximum Gasteiger partial charge on any atom is 0.225 e. The number of aromatic nitrogens is 3. The number of carbonyl (C=O) groups is 1. The molecular formula is C21H29N7O3S. The number of nitrogens with zero attached hydrogens (tertiary/aromatic N) is 6. The molecule has 0 aliphatic carbocycles. The molecule has 2 fully saturated rings. The molecule has 0 aromatic carbocycles. The van der Waals surface area contributed by atoms with Gasteiger partial charge in [-0.1, -0.05) is 0 Å². The van der Waals surface area contributed by atoms with Gasteiger partial charge in [0.15, 0.2) is 0 Å². The fourth-order valence-electron chi connectivity index (χ4n) is 4.17. The Morgan fingerprint density at radius 2 is 1.69 bits per heavy atom. The normalized spacial score (nSPS) is 18.6. The lowest BCUT2D eigenvalue weighted by atomic mass is 9.96. The molecule has 4 heterocycles. The van der Waals surface area contributed by atoms with Crippen LogP contribution in [0.2, 0.25) is 0 Å². The standard InChI is InChI=1S/C21H29N7O3S/c1-16-3-6-22-18(13-16)25-19-14-20(24-15-23-19)26-9-11-27(12-10-26)21(29)17-4-7-28(8-5-17)32(2,30)31/h3,6,13-15,17H,4-5,7-12H2,1-2H3,(H,22,23,24,25). The molecule has 10 nitrogen and oxygen atoms in total. The molecule has 0 radical (unpaired) electrons. The first-order valence-electron chi connectivity index (χ1n) is 10.8. The molecule has 0 atom stereocenters. The van der Waals surface area contributed by atoms with E-state index < -0.39 is 10.0 Å². The fraction of sp³-hybridized carbons (Fsp3) is 0.524. The molecule has 11 heteroatoms. The van der Waals surface area contributed by atoms with Gasteiger partial charge in [-0.3, -0.25) is 4.79 Å². The van der Waals surface area contributed by atoms with Crippen LogP contribution < -0.4 is 10.2 Å². The lowest BCUT2D eigenvalue weighted by Crippen LogP contribution is -2.52. The van der Waals surface area contributed by atoms with Crippen LogP contribution in [0.4, 0.5) is 17.5 Å². The number of aryl methyl sites for hydroxylation is 1. The Balaban J connectivity index is 1.31. The third kappa shape index (κ3) is 5.33. The Morgan fingerprint density at radius 3 is 2.34 bits per heavy atom. The summed E-state index contributed by atoms with van der Waals surface area (Å²) in [6.45, 7) is 5.46. The van der Waals surface area contributed by atoms with Crippen molar-refractivity contribution in [3.8, 4) is 0 Å². The second-order valence-corrected chi connectivity index (χ2v) is 10.3. The number of anilines is 3. The smallest absolute Gasteiger partial charge is 0.225 e. The lowest BCUT2D eigenvalue weighted by molar-refractivity contribution is -0.137. The van der Waals surface area contributed by atoms with Crippen LogP contribution in [0.15, 0.2) is 30.7 Å². The minimum Gasteiger partial charge on any atom is -0.353 e. The highest BCUT2D eigenvalue weighted by molar-refractivity contribution is 7.88. The molecule has 0 spiro atoms. The van der Waals surface area contributed by atoms with Crippen LogP contribution in [-0.4, -0.2) is 84.0 Å². The molecular weight excluding hydrogens is 430 g/mol. The molecule has 1 amide bonds. The maximum atomic E-state index is 12.9. The molecule has 2 aromatic rings. The average Bonchev–Trinajstić information content (AvgIpc) is 2.78. The summed E-state index contributed by atoms with van der Waals surface area (Å²) in [5.74, 6) is 2.24. The number of piperidine rings is 1. The largest absolute Gasteiger partial charge is 0.353 e. The van der Waals surface area contributed by atoms with Crippen LogP contribution in [0.5, 0.6) is 0 Å². The SMILES string of the molecule is Cc1ccnc(Nc2cc(N3CCN(C(=O)C4CCN(S(C)(=O)=O)CC4)CC3)ncn2)c1. The van der Waals surface area contributed by atoms with E-state index in [-0.39, 0.29) is 11.8 Å². The first kappa shape index (κ1) is 22.4. The van der Waals surface area contributed by atoms with Gasteiger partial charge in [0.1, 0.15) is 23.8 Å². The van der Waals surface area contributed by atoms with E-state index in [1.807, 2.05) is 30.0 Å². The Hall–Kier alpha value is -2.79. The van der Waals surface area contributed by atoms with Gasteiger partial charge in [0.05, 0.1) is 6.26 Å². The number of hydrogen-bond acceptors (Lipinski definition) is 8. The zero-order valence-electron chi connectivity index (χ0n) is 18.4. The predicted molar refractivity (Wildman–Crippen MR) is 122 cm³/mol. The van der Waals surface area contributed by atoms with Crippen molar-refractivity contribution in [3.05, 3.63) is 36.3 Å². The Labute approximate surface area is 188 Å². The molecule has 4 rings (SSSR count). The first-order valence-corrected chi connectivity index (χ1v) is 12.6. The molecule has 2 aliphatic heterocycles. The van der Waals surface area contributed by atoms with Crippen molar-refractivity contribution in [2.75, 3.05) is 55.7 Å². The summed E-state index contributed by atoms with van der Waals surface area (Å²) in [7, 11) is -3.18. The topological polar surface area (TPSA) is 112 Å². The predicted octanol–water partition coefficient (Wildman–Crippen LogP) is 1.24.